The van der Waals surface area contributed by atoms with Gasteiger partial charge >= 0.3 is 0 Å². The maximum Gasteiger partial charge on any atom is 0.203 e. The summed E-state index contributed by atoms with van der Waals surface area (Å²) in [7, 11) is 0. The van der Waals surface area contributed by atoms with Crippen molar-refractivity contribution in [3.05, 3.63) is 42.7 Å². The van der Waals surface area contributed by atoms with Gasteiger partial charge in [-0.2, -0.15) is 0 Å². The number of ketones is 1. The molecule has 1 nitrogen and oxygen atoms in total. The Hall–Kier alpha value is -0.450. The van der Waals surface area contributed by atoms with Gasteiger partial charge in [-0.05, 0) is 35.0 Å². The van der Waals surface area contributed by atoms with E-state index in [1.807, 2.05) is 29.8 Å². The lowest BCUT2D eigenvalue weighted by Crippen LogP contribution is -1.95. The van der Waals surface area contributed by atoms with Crippen LogP contribution in [0.4, 0.5) is 0 Å². The minimum atomic E-state index is 0.116. The summed E-state index contributed by atoms with van der Waals surface area (Å²) in [4.78, 5) is 13.8. The molecule has 0 spiro atoms. The summed E-state index contributed by atoms with van der Waals surface area (Å²) in [5.74, 6) is 0.116. The van der Waals surface area contributed by atoms with Crippen molar-refractivity contribution in [1.29, 1.82) is 0 Å². The van der Waals surface area contributed by atoms with Crippen LogP contribution in [-0.4, -0.2) is 5.78 Å². The summed E-state index contributed by atoms with van der Waals surface area (Å²) >= 11 is 6.42. The van der Waals surface area contributed by atoms with E-state index in [0.717, 1.165) is 14.9 Å². The molecule has 0 unspecified atom stereocenters. The fourth-order valence-corrected chi connectivity index (χ4v) is 3.21. The molecule has 2 heterocycles. The average molecular weight is 287 g/mol. The summed E-state index contributed by atoms with van der Waals surface area (Å²) in [6.07, 6.45) is 0. The molecular weight excluding hydrogens is 280 g/mol. The van der Waals surface area contributed by atoms with E-state index in [-0.39, 0.29) is 5.78 Å². The standard InChI is InChI=1S/C10H7BrOS2/c1-6-2-7(4-13-6)10(12)9-3-8(11)5-14-9/h2-5H,1H3. The van der Waals surface area contributed by atoms with Crippen molar-refractivity contribution in [1.82, 2.24) is 0 Å². The molecule has 0 aromatic carbocycles. The monoisotopic (exact) mass is 286 g/mol. The Bertz CT molecular complexity index is 428. The van der Waals surface area contributed by atoms with Crippen LogP contribution in [0.3, 0.4) is 0 Å². The van der Waals surface area contributed by atoms with E-state index >= 15 is 0 Å². The van der Waals surface area contributed by atoms with Gasteiger partial charge < -0.3 is 0 Å². The normalized spacial score (nSPS) is 10.4. The average Bonchev–Trinajstić information content (AvgIpc) is 2.73. The Labute approximate surface area is 98.5 Å². The second kappa shape index (κ2) is 3.96. The molecular formula is C10H7BrOS2. The molecule has 14 heavy (non-hydrogen) atoms. The lowest BCUT2D eigenvalue weighted by molar-refractivity contribution is 0.104. The fourth-order valence-electron chi connectivity index (χ4n) is 1.14. The van der Waals surface area contributed by atoms with Crippen molar-refractivity contribution in [3.8, 4) is 0 Å². The van der Waals surface area contributed by atoms with Crippen LogP contribution >= 0.6 is 38.6 Å². The minimum Gasteiger partial charge on any atom is -0.288 e. The highest BCUT2D eigenvalue weighted by atomic mass is 79.9. The highest BCUT2D eigenvalue weighted by Gasteiger charge is 2.12. The van der Waals surface area contributed by atoms with Crippen LogP contribution in [0, 0.1) is 6.92 Å². The fraction of sp³-hybridized carbons (Fsp3) is 0.100. The number of rotatable bonds is 2. The van der Waals surface area contributed by atoms with E-state index in [1.165, 1.54) is 16.2 Å². The number of hydrogen-bond donors (Lipinski definition) is 0. The topological polar surface area (TPSA) is 17.1 Å². The van der Waals surface area contributed by atoms with Crippen LogP contribution in [0.1, 0.15) is 20.1 Å². The predicted molar refractivity (Wildman–Crippen MR) is 64.5 cm³/mol. The maximum absolute atomic E-state index is 11.9. The van der Waals surface area contributed by atoms with E-state index in [0.29, 0.717) is 0 Å². The Morgan fingerprint density at radius 1 is 1.29 bits per heavy atom. The van der Waals surface area contributed by atoms with Gasteiger partial charge in [-0.3, -0.25) is 4.79 Å². The quantitative estimate of drug-likeness (QED) is 0.760. The Morgan fingerprint density at radius 3 is 2.57 bits per heavy atom. The van der Waals surface area contributed by atoms with Crippen LogP contribution in [0.5, 0.6) is 0 Å². The molecule has 0 saturated carbocycles. The molecule has 0 radical (unpaired) electrons. The van der Waals surface area contributed by atoms with Crippen LogP contribution in [0.2, 0.25) is 0 Å². The van der Waals surface area contributed by atoms with Gasteiger partial charge in [-0.25, -0.2) is 0 Å². The Kier molecular flexibility index (Phi) is 2.85. The van der Waals surface area contributed by atoms with Gasteiger partial charge in [0.25, 0.3) is 0 Å². The Balaban J connectivity index is 2.33. The minimum absolute atomic E-state index is 0.116. The van der Waals surface area contributed by atoms with Gasteiger partial charge in [0.15, 0.2) is 0 Å². The first-order chi connectivity index (χ1) is 6.66. The molecule has 4 heteroatoms. The third-order valence-electron chi connectivity index (χ3n) is 1.78. The zero-order valence-electron chi connectivity index (χ0n) is 7.41. The number of carbonyl (C=O) groups is 1. The van der Waals surface area contributed by atoms with Crippen molar-refractivity contribution < 1.29 is 4.79 Å². The van der Waals surface area contributed by atoms with Crippen LogP contribution in [-0.2, 0) is 0 Å². The molecule has 0 amide bonds. The number of aryl methyl sites for hydroxylation is 1. The van der Waals surface area contributed by atoms with Crippen LogP contribution < -0.4 is 0 Å². The number of hydrogen-bond acceptors (Lipinski definition) is 3. The van der Waals surface area contributed by atoms with E-state index in [4.69, 9.17) is 0 Å². The Morgan fingerprint density at radius 2 is 2.07 bits per heavy atom. The van der Waals surface area contributed by atoms with Crippen molar-refractivity contribution in [2.45, 2.75) is 6.92 Å². The molecule has 2 aromatic heterocycles. The SMILES string of the molecule is Cc1cc(C(=O)c2cc(Br)cs2)cs1. The molecule has 2 rings (SSSR count). The highest BCUT2D eigenvalue weighted by Crippen LogP contribution is 2.24. The molecule has 0 aliphatic rings. The molecule has 0 fully saturated rings. The van der Waals surface area contributed by atoms with Crippen molar-refractivity contribution in [2.24, 2.45) is 0 Å². The largest absolute Gasteiger partial charge is 0.288 e. The first-order valence-corrected chi connectivity index (χ1v) is 6.56. The van der Waals surface area contributed by atoms with E-state index < -0.39 is 0 Å². The van der Waals surface area contributed by atoms with Gasteiger partial charge in [-0.15, -0.1) is 22.7 Å². The smallest absolute Gasteiger partial charge is 0.203 e. The first-order valence-electron chi connectivity index (χ1n) is 4.00. The van der Waals surface area contributed by atoms with Crippen molar-refractivity contribution in [3.63, 3.8) is 0 Å². The van der Waals surface area contributed by atoms with E-state index in [1.54, 1.807) is 11.3 Å². The molecule has 0 bridgehead atoms. The van der Waals surface area contributed by atoms with Gasteiger partial charge in [0.2, 0.25) is 5.78 Å². The number of thiophene rings is 2. The second-order valence-corrected chi connectivity index (χ2v) is 5.85. The number of carbonyl (C=O) groups excluding carboxylic acids is 1. The zero-order valence-corrected chi connectivity index (χ0v) is 10.6. The zero-order chi connectivity index (χ0) is 10.1. The van der Waals surface area contributed by atoms with Crippen molar-refractivity contribution >= 4 is 44.4 Å². The lowest BCUT2D eigenvalue weighted by atomic mass is 10.2. The van der Waals surface area contributed by atoms with E-state index in [2.05, 4.69) is 15.9 Å². The molecule has 2 aromatic rings. The van der Waals surface area contributed by atoms with Gasteiger partial charge in [0.05, 0.1) is 4.88 Å². The summed E-state index contributed by atoms with van der Waals surface area (Å²) in [6, 6.07) is 3.79. The van der Waals surface area contributed by atoms with Gasteiger partial charge in [-0.1, -0.05) is 0 Å². The summed E-state index contributed by atoms with van der Waals surface area (Å²) in [5.41, 5.74) is 0.793. The maximum atomic E-state index is 11.9. The summed E-state index contributed by atoms with van der Waals surface area (Å²) in [5, 5.41) is 3.83. The van der Waals surface area contributed by atoms with Crippen molar-refractivity contribution in [2.75, 3.05) is 0 Å². The summed E-state index contributed by atoms with van der Waals surface area (Å²) < 4.78 is 0.970. The molecule has 0 N–H and O–H groups in total. The molecule has 0 atom stereocenters. The second-order valence-electron chi connectivity index (χ2n) is 2.90. The molecule has 0 aliphatic carbocycles. The lowest BCUT2D eigenvalue weighted by Gasteiger charge is -1.90. The molecule has 0 saturated heterocycles. The molecule has 72 valence electrons. The first kappa shape index (κ1) is 10.1. The van der Waals surface area contributed by atoms with Crippen LogP contribution in [0.15, 0.2) is 27.4 Å². The van der Waals surface area contributed by atoms with E-state index in [9.17, 15) is 4.79 Å². The van der Waals surface area contributed by atoms with Crippen LogP contribution in [0.25, 0.3) is 0 Å². The number of halogens is 1. The third-order valence-corrected chi connectivity index (χ3v) is 4.34. The highest BCUT2D eigenvalue weighted by molar-refractivity contribution is 9.10. The van der Waals surface area contributed by atoms with Gasteiger partial charge in [0.1, 0.15) is 0 Å². The third kappa shape index (κ3) is 1.97. The van der Waals surface area contributed by atoms with Gasteiger partial charge in [0, 0.05) is 25.7 Å². The molecule has 0 aliphatic heterocycles. The summed E-state index contributed by atoms with van der Waals surface area (Å²) in [6.45, 7) is 2.01. The predicted octanol–water partition coefficient (Wildman–Crippen LogP) is 4.11.